The van der Waals surface area contributed by atoms with Gasteiger partial charge in [0.25, 0.3) is 5.91 Å². The number of benzene rings is 2. The van der Waals surface area contributed by atoms with Crippen LogP contribution in [0.15, 0.2) is 54.6 Å². The molecule has 2 rings (SSSR count). The summed E-state index contributed by atoms with van der Waals surface area (Å²) < 4.78 is 0. The molecule has 0 aliphatic heterocycles. The Labute approximate surface area is 108 Å². The zero-order valence-electron chi connectivity index (χ0n) is 10.8. The van der Waals surface area contributed by atoms with Crippen molar-refractivity contribution in [3.05, 3.63) is 65.7 Å². The van der Waals surface area contributed by atoms with E-state index >= 15 is 0 Å². The number of anilines is 1. The first kappa shape index (κ1) is 12.4. The van der Waals surface area contributed by atoms with E-state index in [-0.39, 0.29) is 5.91 Å². The highest BCUT2D eigenvalue weighted by Crippen LogP contribution is 2.17. The smallest absolute Gasteiger partial charge is 0.258 e. The number of carbonyl (C=O) groups is 1. The monoisotopic (exact) mass is 239 g/mol. The van der Waals surface area contributed by atoms with Crippen LogP contribution in [0, 0.1) is 6.92 Å². The molecule has 0 aliphatic carbocycles. The highest BCUT2D eigenvalue weighted by atomic mass is 16.2. The number of carbonyl (C=O) groups excluding carboxylic acids is 1. The Bertz CT molecular complexity index is 517. The van der Waals surface area contributed by atoms with E-state index in [0.717, 1.165) is 11.3 Å². The fraction of sp³-hybridized carbons (Fsp3) is 0.188. The van der Waals surface area contributed by atoms with Crippen molar-refractivity contribution in [2.45, 2.75) is 13.8 Å². The summed E-state index contributed by atoms with van der Waals surface area (Å²) in [5.41, 5.74) is 2.86. The lowest BCUT2D eigenvalue weighted by molar-refractivity contribution is 0.0988. The van der Waals surface area contributed by atoms with E-state index in [1.54, 1.807) is 4.90 Å². The first-order chi connectivity index (χ1) is 8.72. The second-order valence-corrected chi connectivity index (χ2v) is 4.25. The summed E-state index contributed by atoms with van der Waals surface area (Å²) in [6, 6.07) is 17.4. The van der Waals surface area contributed by atoms with Crippen LogP contribution in [0.3, 0.4) is 0 Å². The van der Waals surface area contributed by atoms with Crippen molar-refractivity contribution in [1.82, 2.24) is 0 Å². The molecule has 0 radical (unpaired) electrons. The summed E-state index contributed by atoms with van der Waals surface area (Å²) in [6.45, 7) is 4.69. The number of nitrogens with zero attached hydrogens (tertiary/aromatic N) is 1. The molecule has 0 aliphatic rings. The van der Waals surface area contributed by atoms with E-state index in [1.807, 2.05) is 68.4 Å². The average Bonchev–Trinajstić information content (AvgIpc) is 2.42. The fourth-order valence-corrected chi connectivity index (χ4v) is 1.90. The highest BCUT2D eigenvalue weighted by molar-refractivity contribution is 6.06. The summed E-state index contributed by atoms with van der Waals surface area (Å²) >= 11 is 0. The van der Waals surface area contributed by atoms with E-state index in [2.05, 4.69) is 0 Å². The van der Waals surface area contributed by atoms with E-state index < -0.39 is 0 Å². The maximum absolute atomic E-state index is 12.4. The summed E-state index contributed by atoms with van der Waals surface area (Å²) in [5.74, 6) is 0.0435. The third-order valence-corrected chi connectivity index (χ3v) is 2.93. The maximum atomic E-state index is 12.4. The molecule has 0 unspecified atom stereocenters. The number of rotatable bonds is 3. The van der Waals surface area contributed by atoms with Crippen molar-refractivity contribution in [1.29, 1.82) is 0 Å². The molecular weight excluding hydrogens is 222 g/mol. The Morgan fingerprint density at radius 1 is 1.00 bits per heavy atom. The third kappa shape index (κ3) is 2.59. The molecule has 0 atom stereocenters. The van der Waals surface area contributed by atoms with Crippen LogP contribution in [-0.2, 0) is 0 Å². The van der Waals surface area contributed by atoms with Crippen LogP contribution < -0.4 is 4.90 Å². The fourth-order valence-electron chi connectivity index (χ4n) is 1.90. The van der Waals surface area contributed by atoms with Gasteiger partial charge >= 0.3 is 0 Å². The Morgan fingerprint density at radius 3 is 2.17 bits per heavy atom. The van der Waals surface area contributed by atoms with Crippen LogP contribution >= 0.6 is 0 Å². The highest BCUT2D eigenvalue weighted by Gasteiger charge is 2.15. The molecule has 2 aromatic carbocycles. The van der Waals surface area contributed by atoms with Crippen LogP contribution in [-0.4, -0.2) is 12.5 Å². The Kier molecular flexibility index (Phi) is 3.78. The minimum absolute atomic E-state index is 0.0435. The minimum atomic E-state index is 0.0435. The molecule has 0 bridgehead atoms. The molecule has 0 fully saturated rings. The van der Waals surface area contributed by atoms with Crippen molar-refractivity contribution < 1.29 is 4.79 Å². The molecule has 92 valence electrons. The van der Waals surface area contributed by atoms with Crippen molar-refractivity contribution >= 4 is 11.6 Å². The number of hydrogen-bond donors (Lipinski definition) is 0. The second-order valence-electron chi connectivity index (χ2n) is 4.25. The normalized spacial score (nSPS) is 10.1. The Morgan fingerprint density at radius 2 is 1.61 bits per heavy atom. The molecule has 1 amide bonds. The van der Waals surface area contributed by atoms with Crippen molar-refractivity contribution in [2.75, 3.05) is 11.4 Å². The molecule has 18 heavy (non-hydrogen) atoms. The quantitative estimate of drug-likeness (QED) is 0.800. The predicted octanol–water partition coefficient (Wildman–Crippen LogP) is 3.66. The number of amides is 1. The number of aryl methyl sites for hydroxylation is 1. The van der Waals surface area contributed by atoms with Gasteiger partial charge in [0, 0.05) is 17.8 Å². The van der Waals surface area contributed by atoms with Gasteiger partial charge in [-0.15, -0.1) is 0 Å². The molecule has 0 saturated heterocycles. The first-order valence-corrected chi connectivity index (χ1v) is 6.16. The largest absolute Gasteiger partial charge is 0.309 e. The van der Waals surface area contributed by atoms with Gasteiger partial charge in [-0.2, -0.15) is 0 Å². The van der Waals surface area contributed by atoms with Crippen molar-refractivity contribution in [3.8, 4) is 0 Å². The second kappa shape index (κ2) is 5.50. The van der Waals surface area contributed by atoms with Gasteiger partial charge in [0.05, 0.1) is 0 Å². The van der Waals surface area contributed by atoms with Crippen LogP contribution in [0.2, 0.25) is 0 Å². The maximum Gasteiger partial charge on any atom is 0.258 e. The number of hydrogen-bond acceptors (Lipinski definition) is 1. The van der Waals surface area contributed by atoms with E-state index in [9.17, 15) is 4.79 Å². The summed E-state index contributed by atoms with van der Waals surface area (Å²) in [7, 11) is 0. The van der Waals surface area contributed by atoms with Gasteiger partial charge in [0.2, 0.25) is 0 Å². The third-order valence-electron chi connectivity index (χ3n) is 2.93. The Hall–Kier alpha value is -2.09. The lowest BCUT2D eigenvalue weighted by Crippen LogP contribution is -2.30. The molecule has 0 saturated carbocycles. The van der Waals surface area contributed by atoms with Gasteiger partial charge in [-0.3, -0.25) is 4.79 Å². The summed E-state index contributed by atoms with van der Waals surface area (Å²) in [6.07, 6.45) is 0. The molecule has 0 N–H and O–H groups in total. The van der Waals surface area contributed by atoms with Gasteiger partial charge < -0.3 is 4.90 Å². The van der Waals surface area contributed by atoms with Crippen LogP contribution in [0.25, 0.3) is 0 Å². The van der Waals surface area contributed by atoms with E-state index in [4.69, 9.17) is 0 Å². The van der Waals surface area contributed by atoms with Gasteiger partial charge in [-0.05, 0) is 38.1 Å². The van der Waals surface area contributed by atoms with Crippen LogP contribution in [0.4, 0.5) is 5.69 Å². The van der Waals surface area contributed by atoms with E-state index in [1.165, 1.54) is 5.56 Å². The van der Waals surface area contributed by atoms with Crippen LogP contribution in [0.5, 0.6) is 0 Å². The van der Waals surface area contributed by atoms with Gasteiger partial charge in [-0.25, -0.2) is 0 Å². The zero-order valence-corrected chi connectivity index (χ0v) is 10.8. The predicted molar refractivity (Wildman–Crippen MR) is 75.0 cm³/mol. The molecule has 2 nitrogen and oxygen atoms in total. The van der Waals surface area contributed by atoms with Gasteiger partial charge in [0.15, 0.2) is 0 Å². The first-order valence-electron chi connectivity index (χ1n) is 6.16. The topological polar surface area (TPSA) is 20.3 Å². The molecule has 0 aromatic heterocycles. The van der Waals surface area contributed by atoms with E-state index in [0.29, 0.717) is 6.54 Å². The molecule has 2 heteroatoms. The molecule has 0 spiro atoms. The average molecular weight is 239 g/mol. The lowest BCUT2D eigenvalue weighted by atomic mass is 10.1. The molecule has 2 aromatic rings. The van der Waals surface area contributed by atoms with Gasteiger partial charge in [0.1, 0.15) is 0 Å². The molecule has 0 heterocycles. The minimum Gasteiger partial charge on any atom is -0.309 e. The Balaban J connectivity index is 2.29. The van der Waals surface area contributed by atoms with Gasteiger partial charge in [-0.1, -0.05) is 35.9 Å². The van der Waals surface area contributed by atoms with Crippen LogP contribution in [0.1, 0.15) is 22.8 Å². The SMILES string of the molecule is CCN(C(=O)c1ccccc1)c1ccc(C)cc1. The summed E-state index contributed by atoms with van der Waals surface area (Å²) in [4.78, 5) is 14.2. The summed E-state index contributed by atoms with van der Waals surface area (Å²) in [5, 5.41) is 0. The lowest BCUT2D eigenvalue weighted by Gasteiger charge is -2.21. The van der Waals surface area contributed by atoms with Crippen molar-refractivity contribution in [3.63, 3.8) is 0 Å². The molecular formula is C16H17NO. The standard InChI is InChI=1S/C16H17NO/c1-3-17(15-11-9-13(2)10-12-15)16(18)14-7-5-4-6-8-14/h4-12H,3H2,1-2H3. The zero-order chi connectivity index (χ0) is 13.0. The van der Waals surface area contributed by atoms with Crippen molar-refractivity contribution in [2.24, 2.45) is 0 Å².